The second-order valence-corrected chi connectivity index (χ2v) is 7.25. The number of hydrogen-bond acceptors (Lipinski definition) is 5. The van der Waals surface area contributed by atoms with Gasteiger partial charge in [0.25, 0.3) is 5.56 Å². The Morgan fingerprint density at radius 1 is 1.06 bits per heavy atom. The maximum atomic E-state index is 12.2. The number of carbonyl (C=O) groups excluding carboxylic acids is 1. The number of hydrogen-bond donors (Lipinski definition) is 1. The molecule has 3 rings (SSSR count). The molecule has 0 spiro atoms. The lowest BCUT2D eigenvalue weighted by Crippen LogP contribution is -2.27. The van der Waals surface area contributed by atoms with Crippen molar-refractivity contribution in [2.45, 2.75) is 32.7 Å². The quantitative estimate of drug-likeness (QED) is 0.499. The second-order valence-electron chi connectivity index (χ2n) is 7.25. The Kier molecular flexibility index (Phi) is 8.43. The van der Waals surface area contributed by atoms with Crippen molar-refractivity contribution in [3.8, 4) is 22.8 Å². The Bertz CT molecular complexity index is 1080. The first-order chi connectivity index (χ1) is 15.6. The molecule has 1 heterocycles. The topological polar surface area (TPSA) is 82.5 Å². The van der Waals surface area contributed by atoms with Gasteiger partial charge >= 0.3 is 0 Å². The van der Waals surface area contributed by atoms with Gasteiger partial charge in [-0.25, -0.2) is 4.68 Å². The molecule has 0 aliphatic heterocycles. The van der Waals surface area contributed by atoms with Gasteiger partial charge in [-0.05, 0) is 61.7 Å². The maximum Gasteiger partial charge on any atom is 0.266 e. The average Bonchev–Trinajstić information content (AvgIpc) is 2.81. The fourth-order valence-electron chi connectivity index (χ4n) is 3.38. The van der Waals surface area contributed by atoms with Crippen LogP contribution in [0.1, 0.15) is 25.3 Å². The summed E-state index contributed by atoms with van der Waals surface area (Å²) in [6, 6.07) is 18.6. The number of amides is 1. The Morgan fingerprint density at radius 2 is 1.84 bits per heavy atom. The van der Waals surface area contributed by atoms with Gasteiger partial charge in [-0.15, -0.1) is 0 Å². The van der Waals surface area contributed by atoms with E-state index in [1.54, 1.807) is 13.2 Å². The Hall–Kier alpha value is -3.61. The summed E-state index contributed by atoms with van der Waals surface area (Å²) in [6.45, 7) is 3.46. The molecule has 0 atom stereocenters. The molecule has 0 aliphatic carbocycles. The van der Waals surface area contributed by atoms with Crippen LogP contribution in [0.2, 0.25) is 0 Å². The number of aryl methyl sites for hydroxylation is 1. The number of methoxy groups -OCH3 is 1. The van der Waals surface area contributed by atoms with E-state index in [9.17, 15) is 9.59 Å². The van der Waals surface area contributed by atoms with Crippen molar-refractivity contribution in [1.29, 1.82) is 0 Å². The van der Waals surface area contributed by atoms with Gasteiger partial charge in [-0.2, -0.15) is 5.10 Å². The maximum absolute atomic E-state index is 12.2. The summed E-state index contributed by atoms with van der Waals surface area (Å²) in [4.78, 5) is 24.3. The summed E-state index contributed by atoms with van der Waals surface area (Å²) < 4.78 is 12.2. The molecular weight excluding hydrogens is 406 g/mol. The van der Waals surface area contributed by atoms with E-state index < -0.39 is 0 Å². The number of para-hydroxylation sites is 1. The van der Waals surface area contributed by atoms with Gasteiger partial charge in [-0.1, -0.05) is 18.2 Å². The fourth-order valence-corrected chi connectivity index (χ4v) is 3.38. The summed E-state index contributed by atoms with van der Waals surface area (Å²) in [7, 11) is 1.64. The second kappa shape index (κ2) is 11.7. The highest BCUT2D eigenvalue weighted by Crippen LogP contribution is 2.20. The minimum Gasteiger partial charge on any atom is -0.496 e. The van der Waals surface area contributed by atoms with Crippen molar-refractivity contribution in [1.82, 2.24) is 15.1 Å². The van der Waals surface area contributed by atoms with Crippen LogP contribution < -0.4 is 20.3 Å². The van der Waals surface area contributed by atoms with E-state index in [4.69, 9.17) is 9.47 Å². The number of benzene rings is 2. The number of rotatable bonds is 11. The molecule has 7 nitrogen and oxygen atoms in total. The fraction of sp³-hybridized carbons (Fsp3) is 0.320. The molecule has 0 fully saturated rings. The monoisotopic (exact) mass is 435 g/mol. The summed E-state index contributed by atoms with van der Waals surface area (Å²) in [5.41, 5.74) is 2.47. The molecule has 0 radical (unpaired) electrons. The smallest absolute Gasteiger partial charge is 0.266 e. The molecule has 32 heavy (non-hydrogen) atoms. The number of carbonyl (C=O) groups is 1. The third-order valence-corrected chi connectivity index (χ3v) is 5.01. The van der Waals surface area contributed by atoms with Gasteiger partial charge in [0.2, 0.25) is 5.91 Å². The number of nitrogens with zero attached hydrogens (tertiary/aromatic N) is 2. The molecule has 0 saturated heterocycles. The third kappa shape index (κ3) is 6.44. The van der Waals surface area contributed by atoms with Crippen LogP contribution in [-0.2, 0) is 17.8 Å². The third-order valence-electron chi connectivity index (χ3n) is 5.01. The molecule has 168 valence electrons. The largest absolute Gasteiger partial charge is 0.496 e. The van der Waals surface area contributed by atoms with Gasteiger partial charge in [0.15, 0.2) is 0 Å². The molecule has 3 aromatic rings. The number of ether oxygens (including phenoxy) is 2. The van der Waals surface area contributed by atoms with Crippen LogP contribution >= 0.6 is 0 Å². The van der Waals surface area contributed by atoms with Crippen LogP contribution in [0.5, 0.6) is 11.5 Å². The van der Waals surface area contributed by atoms with Gasteiger partial charge in [0.05, 0.1) is 19.4 Å². The highest BCUT2D eigenvalue weighted by atomic mass is 16.5. The zero-order chi connectivity index (χ0) is 22.8. The average molecular weight is 436 g/mol. The SMILES string of the molecule is CCOc1ccc(-c2ccc(=O)n(CCCC(=O)NCCc3ccccc3OC)n2)cc1. The van der Waals surface area contributed by atoms with Crippen molar-refractivity contribution in [3.63, 3.8) is 0 Å². The predicted octanol–water partition coefficient (Wildman–Crippen LogP) is 3.46. The Balaban J connectivity index is 1.49. The van der Waals surface area contributed by atoms with Crippen molar-refractivity contribution in [3.05, 3.63) is 76.6 Å². The van der Waals surface area contributed by atoms with Crippen molar-refractivity contribution < 1.29 is 14.3 Å². The minimum atomic E-state index is -0.184. The molecule has 0 aliphatic rings. The first-order valence-corrected chi connectivity index (χ1v) is 10.8. The van der Waals surface area contributed by atoms with Crippen LogP contribution in [-0.4, -0.2) is 35.9 Å². The highest BCUT2D eigenvalue weighted by molar-refractivity contribution is 5.75. The molecule has 0 saturated carbocycles. The predicted molar refractivity (Wildman–Crippen MR) is 124 cm³/mol. The zero-order valence-corrected chi connectivity index (χ0v) is 18.5. The van der Waals surface area contributed by atoms with E-state index in [0.717, 1.165) is 22.6 Å². The van der Waals surface area contributed by atoms with E-state index >= 15 is 0 Å². The number of aromatic nitrogens is 2. The summed E-state index contributed by atoms with van der Waals surface area (Å²) >= 11 is 0. The van der Waals surface area contributed by atoms with E-state index in [1.807, 2.05) is 55.5 Å². The van der Waals surface area contributed by atoms with Crippen LogP contribution in [0.15, 0.2) is 65.5 Å². The normalized spacial score (nSPS) is 10.6. The lowest BCUT2D eigenvalue weighted by molar-refractivity contribution is -0.121. The molecule has 7 heteroatoms. The molecule has 1 N–H and O–H groups in total. The lowest BCUT2D eigenvalue weighted by Gasteiger charge is -2.10. The molecule has 0 unspecified atom stereocenters. The number of nitrogens with one attached hydrogen (secondary N) is 1. The summed E-state index contributed by atoms with van der Waals surface area (Å²) in [5.74, 6) is 1.57. The van der Waals surface area contributed by atoms with Gasteiger partial charge in [0, 0.05) is 31.1 Å². The van der Waals surface area contributed by atoms with Gasteiger partial charge < -0.3 is 14.8 Å². The van der Waals surface area contributed by atoms with E-state index in [0.29, 0.717) is 44.7 Å². The van der Waals surface area contributed by atoms with E-state index in [1.165, 1.54) is 10.7 Å². The van der Waals surface area contributed by atoms with Gasteiger partial charge in [-0.3, -0.25) is 9.59 Å². The summed E-state index contributed by atoms with van der Waals surface area (Å²) in [6.07, 6.45) is 1.55. The van der Waals surface area contributed by atoms with E-state index in [2.05, 4.69) is 10.4 Å². The van der Waals surface area contributed by atoms with Crippen LogP contribution in [0, 0.1) is 0 Å². The molecular formula is C25H29N3O4. The van der Waals surface area contributed by atoms with E-state index in [-0.39, 0.29) is 11.5 Å². The zero-order valence-electron chi connectivity index (χ0n) is 18.5. The lowest BCUT2D eigenvalue weighted by atomic mass is 10.1. The first-order valence-electron chi connectivity index (χ1n) is 10.8. The Labute approximate surface area is 188 Å². The van der Waals surface area contributed by atoms with Crippen LogP contribution in [0.4, 0.5) is 0 Å². The standard InChI is InChI=1S/C25H29N3O4/c1-3-32-21-12-10-19(11-13-21)22-14-15-25(30)28(27-22)18-6-9-24(29)26-17-16-20-7-4-5-8-23(20)31-2/h4-5,7-8,10-15H,3,6,9,16-18H2,1-2H3,(H,26,29). The van der Waals surface area contributed by atoms with Crippen molar-refractivity contribution >= 4 is 5.91 Å². The van der Waals surface area contributed by atoms with Crippen molar-refractivity contribution in [2.75, 3.05) is 20.3 Å². The molecule has 1 amide bonds. The molecule has 1 aromatic heterocycles. The first kappa shape index (κ1) is 23.1. The molecule has 0 bridgehead atoms. The van der Waals surface area contributed by atoms with Gasteiger partial charge in [0.1, 0.15) is 11.5 Å². The minimum absolute atomic E-state index is 0.0457. The molecule has 2 aromatic carbocycles. The highest BCUT2D eigenvalue weighted by Gasteiger charge is 2.07. The summed E-state index contributed by atoms with van der Waals surface area (Å²) in [5, 5.41) is 7.38. The Morgan fingerprint density at radius 3 is 2.59 bits per heavy atom. The van der Waals surface area contributed by atoms with Crippen LogP contribution in [0.25, 0.3) is 11.3 Å². The van der Waals surface area contributed by atoms with Crippen molar-refractivity contribution in [2.24, 2.45) is 0 Å². The van der Waals surface area contributed by atoms with Crippen LogP contribution in [0.3, 0.4) is 0 Å².